The second-order valence-corrected chi connectivity index (χ2v) is 17.9. The van der Waals surface area contributed by atoms with E-state index in [1.165, 1.54) is 41.6 Å². The summed E-state index contributed by atoms with van der Waals surface area (Å²) in [7, 11) is -0.295. The van der Waals surface area contributed by atoms with E-state index in [1.807, 2.05) is 74.8 Å². The normalized spacial score (nSPS) is 15.7. The van der Waals surface area contributed by atoms with Crippen LogP contribution in [-0.4, -0.2) is 98.3 Å². The molecule has 298 valence electrons. The van der Waals surface area contributed by atoms with Crippen LogP contribution in [0.15, 0.2) is 113 Å². The highest BCUT2D eigenvalue weighted by molar-refractivity contribution is 7.99. The van der Waals surface area contributed by atoms with Gasteiger partial charge < -0.3 is 15.1 Å². The summed E-state index contributed by atoms with van der Waals surface area (Å²) in [5.74, 6) is 0.768. The van der Waals surface area contributed by atoms with E-state index in [1.54, 1.807) is 11.8 Å². The van der Waals surface area contributed by atoms with Gasteiger partial charge in [-0.25, -0.2) is 18.4 Å². The lowest BCUT2D eigenvalue weighted by Gasteiger charge is -2.36. The van der Waals surface area contributed by atoms with Crippen molar-refractivity contribution in [1.29, 1.82) is 0 Å². The number of hydrogen-bond acceptors (Lipinski definition) is 11. The van der Waals surface area contributed by atoms with Crippen molar-refractivity contribution < 1.29 is 13.3 Å². The monoisotopic (exact) mass is 826 g/mol. The van der Waals surface area contributed by atoms with Gasteiger partial charge in [0.15, 0.2) is 5.82 Å². The van der Waals surface area contributed by atoms with E-state index in [0.29, 0.717) is 16.7 Å². The number of nitrogens with zero attached hydrogens (tertiary/aromatic N) is 6. The van der Waals surface area contributed by atoms with Gasteiger partial charge in [-0.3, -0.25) is 19.7 Å². The maximum atomic E-state index is 13.7. The highest BCUT2D eigenvalue weighted by Crippen LogP contribution is 2.36. The van der Waals surface area contributed by atoms with Crippen molar-refractivity contribution in [3.63, 3.8) is 0 Å². The quantitative estimate of drug-likeness (QED) is 0.0565. The SMILES string of the molecule is CN(C)CC[C@H](CSc1ccccc1)Nc1ccc(S(=O)(=O)Nc2ncnc3cc(N4CCN(CC5=C(c6ccc(Cl)cc6)CCC5)CC4)ccc23)cc1[N+](=O)[O-]. The standard InChI is InChI=1S/C42H47ClN8O4S2/c1-48(2)20-19-33(28-56-35-8-4-3-5-9-35)46-39-18-16-36(26-41(39)51(52)53)57(54,55)47-42-38-17-15-34(25-40(38)44-29-45-42)50-23-21-49(22-24-50)27-31-7-6-10-37(31)30-11-13-32(43)14-12-30/h3-5,8-9,11-18,25-26,29,33,46H,6-7,10,19-24,27-28H2,1-2H3,(H,44,45,47)/t33-/m1/s1. The molecule has 4 aromatic carbocycles. The lowest BCUT2D eigenvalue weighted by molar-refractivity contribution is -0.384. The predicted octanol–water partition coefficient (Wildman–Crippen LogP) is 8.28. The molecular formula is C42H47ClN8O4S2. The maximum Gasteiger partial charge on any atom is 0.293 e. The Morgan fingerprint density at radius 1 is 0.947 bits per heavy atom. The van der Waals surface area contributed by atoms with Crippen LogP contribution in [0.3, 0.4) is 0 Å². The molecule has 1 aliphatic carbocycles. The van der Waals surface area contributed by atoms with Crippen LogP contribution in [0.2, 0.25) is 5.02 Å². The van der Waals surface area contributed by atoms with Crippen LogP contribution in [0, 0.1) is 10.1 Å². The van der Waals surface area contributed by atoms with Gasteiger partial charge in [0.2, 0.25) is 0 Å². The minimum atomic E-state index is -4.25. The number of benzene rings is 4. The molecule has 12 nitrogen and oxygen atoms in total. The Bertz CT molecular complexity index is 2340. The first-order valence-electron chi connectivity index (χ1n) is 19.1. The molecular weight excluding hydrogens is 780 g/mol. The Morgan fingerprint density at radius 3 is 2.46 bits per heavy atom. The third-order valence-electron chi connectivity index (χ3n) is 10.5. The summed E-state index contributed by atoms with van der Waals surface area (Å²) in [6, 6.07) is 27.7. The number of hydrogen-bond donors (Lipinski definition) is 2. The molecule has 0 amide bonds. The summed E-state index contributed by atoms with van der Waals surface area (Å²) in [4.78, 5) is 28.2. The zero-order valence-electron chi connectivity index (χ0n) is 32.1. The molecule has 0 bridgehead atoms. The van der Waals surface area contributed by atoms with Crippen LogP contribution in [0.5, 0.6) is 0 Å². The number of halogens is 1. The summed E-state index contributed by atoms with van der Waals surface area (Å²) in [6.45, 7) is 5.29. The molecule has 1 saturated heterocycles. The van der Waals surface area contributed by atoms with Gasteiger partial charge in [-0.05, 0) is 112 Å². The van der Waals surface area contributed by atoms with E-state index >= 15 is 0 Å². The number of thioether (sulfide) groups is 1. The molecule has 0 radical (unpaired) electrons. The van der Waals surface area contributed by atoms with Crippen LogP contribution in [0.1, 0.15) is 31.2 Å². The molecule has 57 heavy (non-hydrogen) atoms. The zero-order chi connectivity index (χ0) is 39.9. The second-order valence-electron chi connectivity index (χ2n) is 14.7. The Balaban J connectivity index is 1.02. The minimum Gasteiger partial charge on any atom is -0.376 e. The average Bonchev–Trinajstić information content (AvgIpc) is 3.67. The number of allylic oxidation sites excluding steroid dienone is 1. The van der Waals surface area contributed by atoms with Crippen LogP contribution < -0.4 is 14.9 Å². The Labute approximate surface area is 343 Å². The molecule has 0 unspecified atom stereocenters. The Kier molecular flexibility index (Phi) is 13.0. The van der Waals surface area contributed by atoms with Crippen LogP contribution in [-0.2, 0) is 10.0 Å². The topological polar surface area (TPSA) is 137 Å². The molecule has 5 aromatic rings. The summed E-state index contributed by atoms with van der Waals surface area (Å²) in [5, 5.41) is 16.9. The first kappa shape index (κ1) is 40.5. The fourth-order valence-electron chi connectivity index (χ4n) is 7.42. The van der Waals surface area contributed by atoms with Crippen molar-refractivity contribution >= 4 is 72.7 Å². The molecule has 2 aliphatic rings. The number of piperazine rings is 1. The highest BCUT2D eigenvalue weighted by atomic mass is 35.5. The highest BCUT2D eigenvalue weighted by Gasteiger charge is 2.26. The summed E-state index contributed by atoms with van der Waals surface area (Å²) in [6.07, 6.45) is 5.47. The minimum absolute atomic E-state index is 0.101. The predicted molar refractivity (Wildman–Crippen MR) is 232 cm³/mol. The number of rotatable bonds is 16. The van der Waals surface area contributed by atoms with Crippen molar-refractivity contribution in [2.45, 2.75) is 41.5 Å². The third kappa shape index (κ3) is 10.2. The van der Waals surface area contributed by atoms with Crippen LogP contribution in [0.4, 0.5) is 22.9 Å². The molecule has 2 heterocycles. The van der Waals surface area contributed by atoms with Gasteiger partial charge in [0.25, 0.3) is 15.7 Å². The molecule has 15 heteroatoms. The van der Waals surface area contributed by atoms with Gasteiger partial charge in [0.05, 0.1) is 15.3 Å². The average molecular weight is 827 g/mol. The smallest absolute Gasteiger partial charge is 0.293 e. The van der Waals surface area contributed by atoms with E-state index in [4.69, 9.17) is 11.6 Å². The first-order chi connectivity index (χ1) is 27.5. The lowest BCUT2D eigenvalue weighted by Crippen LogP contribution is -2.46. The van der Waals surface area contributed by atoms with E-state index in [-0.39, 0.29) is 28.1 Å². The fraction of sp³-hybridized carbons (Fsp3) is 0.333. The molecule has 1 atom stereocenters. The molecule has 0 saturated carbocycles. The van der Waals surface area contributed by atoms with Crippen molar-refractivity contribution in [2.75, 3.05) is 74.1 Å². The summed E-state index contributed by atoms with van der Waals surface area (Å²) in [5.41, 5.74) is 5.77. The number of sulfonamides is 1. The number of aromatic nitrogens is 2. The second kappa shape index (κ2) is 18.2. The summed E-state index contributed by atoms with van der Waals surface area (Å²) >= 11 is 7.80. The van der Waals surface area contributed by atoms with Crippen molar-refractivity contribution in [3.8, 4) is 0 Å². The Morgan fingerprint density at radius 2 is 1.72 bits per heavy atom. The number of nitro groups is 1. The van der Waals surface area contributed by atoms with E-state index in [0.717, 1.165) is 80.2 Å². The van der Waals surface area contributed by atoms with E-state index in [9.17, 15) is 18.5 Å². The molecule has 7 rings (SSSR count). The molecule has 2 N–H and O–H groups in total. The van der Waals surface area contributed by atoms with Crippen molar-refractivity contribution in [3.05, 3.63) is 124 Å². The summed E-state index contributed by atoms with van der Waals surface area (Å²) < 4.78 is 30.0. The van der Waals surface area contributed by atoms with E-state index < -0.39 is 14.9 Å². The van der Waals surface area contributed by atoms with Crippen molar-refractivity contribution in [2.24, 2.45) is 0 Å². The maximum absolute atomic E-state index is 13.7. The molecule has 0 spiro atoms. The van der Waals surface area contributed by atoms with Gasteiger partial charge in [-0.15, -0.1) is 11.8 Å². The lowest BCUT2D eigenvalue weighted by atomic mass is 10.0. The van der Waals surface area contributed by atoms with E-state index in [2.05, 4.69) is 46.8 Å². The number of nitro benzene ring substituents is 1. The van der Waals surface area contributed by atoms with Gasteiger partial charge in [-0.2, -0.15) is 0 Å². The van der Waals surface area contributed by atoms with Gasteiger partial charge in [0, 0.05) is 71.6 Å². The third-order valence-corrected chi connectivity index (χ3v) is 13.2. The zero-order valence-corrected chi connectivity index (χ0v) is 34.5. The van der Waals surface area contributed by atoms with Gasteiger partial charge in [-0.1, -0.05) is 47.5 Å². The molecule has 1 aromatic heterocycles. The van der Waals surface area contributed by atoms with Gasteiger partial charge in [0.1, 0.15) is 12.0 Å². The fourth-order valence-corrected chi connectivity index (χ4v) is 9.59. The first-order valence-corrected chi connectivity index (χ1v) is 22.0. The number of anilines is 3. The van der Waals surface area contributed by atoms with Crippen LogP contribution in [0.25, 0.3) is 16.5 Å². The molecule has 1 aliphatic heterocycles. The van der Waals surface area contributed by atoms with Gasteiger partial charge >= 0.3 is 0 Å². The van der Waals surface area contributed by atoms with Crippen LogP contribution >= 0.6 is 23.4 Å². The largest absolute Gasteiger partial charge is 0.376 e. The number of fused-ring (bicyclic) bond motifs is 1. The Hall–Kier alpha value is -4.73. The van der Waals surface area contributed by atoms with Crippen molar-refractivity contribution in [1.82, 2.24) is 19.8 Å². The number of nitrogens with one attached hydrogen (secondary N) is 2. The molecule has 1 fully saturated rings.